The number of pyridine rings is 1. The van der Waals surface area contributed by atoms with Crippen molar-refractivity contribution >= 4 is 11.8 Å². The molecule has 1 heterocycles. The van der Waals surface area contributed by atoms with Crippen LogP contribution in [0.5, 0.6) is 0 Å². The molecule has 0 aliphatic rings. The third kappa shape index (κ3) is 4.37. The molecular formula is C14H17N3O3. The molecule has 0 unspecified atom stereocenters. The molecule has 106 valence electrons. The van der Waals surface area contributed by atoms with Gasteiger partial charge in [0.2, 0.25) is 5.91 Å². The van der Waals surface area contributed by atoms with Crippen LogP contribution in [0, 0.1) is 11.8 Å². The van der Waals surface area contributed by atoms with E-state index >= 15 is 0 Å². The molecule has 0 fully saturated rings. The third-order valence-electron chi connectivity index (χ3n) is 2.50. The molecular weight excluding hydrogens is 258 g/mol. The van der Waals surface area contributed by atoms with Gasteiger partial charge in [-0.1, -0.05) is 11.8 Å². The van der Waals surface area contributed by atoms with Crippen LogP contribution >= 0.6 is 0 Å². The molecule has 6 nitrogen and oxygen atoms in total. The molecule has 1 aromatic rings. The SMILES string of the molecule is CC(C)N(CC(N)=O)C(=O)c1ccc(C#CCO)cn1. The first kappa shape index (κ1) is 15.7. The number of aromatic nitrogens is 1. The summed E-state index contributed by atoms with van der Waals surface area (Å²) in [4.78, 5) is 28.6. The van der Waals surface area contributed by atoms with Crippen molar-refractivity contribution in [2.24, 2.45) is 5.73 Å². The van der Waals surface area contributed by atoms with E-state index in [4.69, 9.17) is 10.8 Å². The molecule has 0 saturated heterocycles. The molecule has 0 aromatic carbocycles. The van der Waals surface area contributed by atoms with Gasteiger partial charge in [0.05, 0.1) is 6.54 Å². The Kier molecular flexibility index (Phi) is 5.69. The van der Waals surface area contributed by atoms with E-state index in [1.54, 1.807) is 19.9 Å². The molecule has 0 aliphatic heterocycles. The number of nitrogens with zero attached hydrogens (tertiary/aromatic N) is 2. The van der Waals surface area contributed by atoms with Crippen molar-refractivity contribution in [3.63, 3.8) is 0 Å². The molecule has 1 aromatic heterocycles. The first-order chi connectivity index (χ1) is 9.45. The van der Waals surface area contributed by atoms with Gasteiger partial charge in [-0.15, -0.1) is 0 Å². The average Bonchev–Trinajstić information content (AvgIpc) is 2.42. The molecule has 6 heteroatoms. The van der Waals surface area contributed by atoms with Crippen molar-refractivity contribution in [3.8, 4) is 11.8 Å². The largest absolute Gasteiger partial charge is 0.384 e. The number of aliphatic hydroxyl groups is 1. The summed E-state index contributed by atoms with van der Waals surface area (Å²) in [6, 6.07) is 3.00. The highest BCUT2D eigenvalue weighted by Crippen LogP contribution is 2.07. The lowest BCUT2D eigenvalue weighted by Crippen LogP contribution is -2.43. The second-order valence-corrected chi connectivity index (χ2v) is 4.39. The first-order valence-electron chi connectivity index (χ1n) is 6.10. The van der Waals surface area contributed by atoms with E-state index in [9.17, 15) is 9.59 Å². The lowest BCUT2D eigenvalue weighted by atomic mass is 10.2. The standard InChI is InChI=1S/C14H17N3O3/c1-10(2)17(9-13(15)19)14(20)12-6-5-11(8-16-12)4-3-7-18/h5-6,8,10,18H,7,9H2,1-2H3,(H2,15,19). The van der Waals surface area contributed by atoms with E-state index in [0.29, 0.717) is 5.56 Å². The summed E-state index contributed by atoms with van der Waals surface area (Å²) in [5, 5.41) is 8.59. The minimum absolute atomic E-state index is 0.149. The molecule has 0 saturated carbocycles. The van der Waals surface area contributed by atoms with Gasteiger partial charge in [-0.05, 0) is 26.0 Å². The maximum absolute atomic E-state index is 12.2. The molecule has 0 atom stereocenters. The Morgan fingerprint density at radius 1 is 1.45 bits per heavy atom. The first-order valence-corrected chi connectivity index (χ1v) is 6.10. The summed E-state index contributed by atoms with van der Waals surface area (Å²) in [5.41, 5.74) is 5.95. The zero-order valence-electron chi connectivity index (χ0n) is 11.5. The van der Waals surface area contributed by atoms with E-state index in [1.807, 2.05) is 0 Å². The van der Waals surface area contributed by atoms with Crippen molar-refractivity contribution < 1.29 is 14.7 Å². The molecule has 0 bridgehead atoms. The van der Waals surface area contributed by atoms with Crippen molar-refractivity contribution in [2.45, 2.75) is 19.9 Å². The minimum Gasteiger partial charge on any atom is -0.384 e. The fourth-order valence-electron chi connectivity index (χ4n) is 1.54. The smallest absolute Gasteiger partial charge is 0.273 e. The second-order valence-electron chi connectivity index (χ2n) is 4.39. The van der Waals surface area contributed by atoms with Crippen molar-refractivity contribution in [3.05, 3.63) is 29.6 Å². The molecule has 1 rings (SSSR count). The van der Waals surface area contributed by atoms with Gasteiger partial charge >= 0.3 is 0 Å². The zero-order valence-corrected chi connectivity index (χ0v) is 11.5. The Balaban J connectivity index is 2.92. The van der Waals surface area contributed by atoms with Crippen molar-refractivity contribution in [1.82, 2.24) is 9.88 Å². The Hall–Kier alpha value is -2.39. The lowest BCUT2D eigenvalue weighted by Gasteiger charge is -2.24. The van der Waals surface area contributed by atoms with Gasteiger partial charge in [0.1, 0.15) is 12.3 Å². The van der Waals surface area contributed by atoms with Gasteiger partial charge in [-0.25, -0.2) is 4.98 Å². The van der Waals surface area contributed by atoms with Crippen LogP contribution in [0.3, 0.4) is 0 Å². The number of aliphatic hydroxyl groups excluding tert-OH is 1. The fraction of sp³-hybridized carbons (Fsp3) is 0.357. The Bertz CT molecular complexity index is 541. The van der Waals surface area contributed by atoms with E-state index in [-0.39, 0.29) is 30.8 Å². The van der Waals surface area contributed by atoms with Gasteiger partial charge in [-0.3, -0.25) is 9.59 Å². The van der Waals surface area contributed by atoms with Gasteiger partial charge in [0, 0.05) is 17.8 Å². The summed E-state index contributed by atoms with van der Waals surface area (Å²) < 4.78 is 0. The summed E-state index contributed by atoms with van der Waals surface area (Å²) in [6.07, 6.45) is 1.44. The molecule has 0 spiro atoms. The number of amides is 2. The third-order valence-corrected chi connectivity index (χ3v) is 2.50. The molecule has 3 N–H and O–H groups in total. The lowest BCUT2D eigenvalue weighted by molar-refractivity contribution is -0.119. The van der Waals surface area contributed by atoms with Crippen LogP contribution < -0.4 is 5.73 Å². The minimum atomic E-state index is -0.572. The summed E-state index contributed by atoms with van der Waals surface area (Å²) in [6.45, 7) is 3.20. The van der Waals surface area contributed by atoms with Crippen LogP contribution in [0.4, 0.5) is 0 Å². The van der Waals surface area contributed by atoms with Crippen LogP contribution in [0.15, 0.2) is 18.3 Å². The topological polar surface area (TPSA) is 96.5 Å². The Labute approximate surface area is 117 Å². The number of primary amides is 1. The summed E-state index contributed by atoms with van der Waals surface area (Å²) in [5.74, 6) is 4.24. The van der Waals surface area contributed by atoms with E-state index < -0.39 is 5.91 Å². The molecule has 20 heavy (non-hydrogen) atoms. The number of nitrogens with two attached hydrogens (primary N) is 1. The van der Waals surface area contributed by atoms with Crippen LogP contribution in [0.1, 0.15) is 29.9 Å². The highest BCUT2D eigenvalue weighted by Gasteiger charge is 2.21. The maximum atomic E-state index is 12.2. The van der Waals surface area contributed by atoms with Crippen LogP contribution in [-0.4, -0.2) is 46.0 Å². The molecule has 2 amide bonds. The number of hydrogen-bond acceptors (Lipinski definition) is 4. The second kappa shape index (κ2) is 7.26. The molecule has 0 aliphatic carbocycles. The number of carbonyl (C=O) groups is 2. The summed E-state index contributed by atoms with van der Waals surface area (Å²) >= 11 is 0. The fourth-order valence-corrected chi connectivity index (χ4v) is 1.54. The zero-order chi connectivity index (χ0) is 15.1. The maximum Gasteiger partial charge on any atom is 0.273 e. The van der Waals surface area contributed by atoms with Gasteiger partial charge in [-0.2, -0.15) is 0 Å². The Morgan fingerprint density at radius 2 is 2.15 bits per heavy atom. The number of carbonyl (C=O) groups excluding carboxylic acids is 2. The monoisotopic (exact) mass is 275 g/mol. The average molecular weight is 275 g/mol. The molecule has 0 radical (unpaired) electrons. The Morgan fingerprint density at radius 3 is 2.60 bits per heavy atom. The van der Waals surface area contributed by atoms with E-state index in [2.05, 4.69) is 16.8 Å². The van der Waals surface area contributed by atoms with Crippen LogP contribution in [-0.2, 0) is 4.79 Å². The van der Waals surface area contributed by atoms with Crippen LogP contribution in [0.2, 0.25) is 0 Å². The van der Waals surface area contributed by atoms with E-state index in [1.165, 1.54) is 17.2 Å². The number of hydrogen-bond donors (Lipinski definition) is 2. The predicted molar refractivity (Wildman–Crippen MR) is 73.6 cm³/mol. The highest BCUT2D eigenvalue weighted by atomic mass is 16.2. The van der Waals surface area contributed by atoms with Gasteiger partial charge in [0.15, 0.2) is 0 Å². The van der Waals surface area contributed by atoms with Gasteiger partial charge in [0.25, 0.3) is 5.91 Å². The quantitative estimate of drug-likeness (QED) is 0.741. The predicted octanol–water partition coefficient (Wildman–Crippen LogP) is -0.239. The van der Waals surface area contributed by atoms with Crippen molar-refractivity contribution in [2.75, 3.05) is 13.2 Å². The number of rotatable bonds is 4. The summed E-state index contributed by atoms with van der Waals surface area (Å²) in [7, 11) is 0. The van der Waals surface area contributed by atoms with Crippen LogP contribution in [0.25, 0.3) is 0 Å². The van der Waals surface area contributed by atoms with Crippen molar-refractivity contribution in [1.29, 1.82) is 0 Å². The van der Waals surface area contributed by atoms with E-state index in [0.717, 1.165) is 0 Å². The normalized spacial score (nSPS) is 9.80. The highest BCUT2D eigenvalue weighted by molar-refractivity contribution is 5.94. The van der Waals surface area contributed by atoms with Gasteiger partial charge < -0.3 is 15.7 Å².